The topological polar surface area (TPSA) is 33.1 Å². The number of nitrogens with zero attached hydrogens (tertiary/aromatic N) is 1. The molecule has 0 spiro atoms. The SMILES string of the molecule is Oc1ccc2sc(C(F)(F)F)nc2c1. The molecule has 0 aliphatic rings. The van der Waals surface area contributed by atoms with Crippen molar-refractivity contribution in [2.45, 2.75) is 6.18 Å². The molecule has 0 unspecified atom stereocenters. The van der Waals surface area contributed by atoms with Gasteiger partial charge in [0.2, 0.25) is 0 Å². The summed E-state index contributed by atoms with van der Waals surface area (Å²) in [5.74, 6) is -0.0866. The molecule has 6 heteroatoms. The van der Waals surface area contributed by atoms with E-state index < -0.39 is 11.2 Å². The van der Waals surface area contributed by atoms with Crippen LogP contribution in [0, 0.1) is 0 Å². The zero-order valence-corrected chi connectivity index (χ0v) is 7.49. The lowest BCUT2D eigenvalue weighted by Gasteiger charge is -1.98. The minimum atomic E-state index is -4.42. The predicted octanol–water partition coefficient (Wildman–Crippen LogP) is 3.02. The molecule has 2 aromatic rings. The second-order valence-electron chi connectivity index (χ2n) is 2.67. The third-order valence-corrected chi connectivity index (χ3v) is 2.69. The van der Waals surface area contributed by atoms with Crippen LogP contribution in [-0.2, 0) is 6.18 Å². The summed E-state index contributed by atoms with van der Waals surface area (Å²) in [7, 11) is 0. The van der Waals surface area contributed by atoms with Crippen molar-refractivity contribution in [2.24, 2.45) is 0 Å². The predicted molar refractivity (Wildman–Crippen MR) is 46.3 cm³/mol. The normalized spacial score (nSPS) is 12.2. The van der Waals surface area contributed by atoms with Gasteiger partial charge in [-0.25, -0.2) is 4.98 Å². The standard InChI is InChI=1S/C8H4F3NOS/c9-8(10,11)7-12-5-3-4(13)1-2-6(5)14-7/h1-3,13H. The van der Waals surface area contributed by atoms with Crippen molar-refractivity contribution < 1.29 is 18.3 Å². The minimum absolute atomic E-state index is 0.0866. The second-order valence-corrected chi connectivity index (χ2v) is 3.70. The molecule has 1 heterocycles. The number of thiazole rings is 1. The first-order valence-corrected chi connectivity index (χ1v) is 4.45. The quantitative estimate of drug-likeness (QED) is 0.738. The monoisotopic (exact) mass is 219 g/mol. The van der Waals surface area contributed by atoms with Crippen molar-refractivity contribution in [3.05, 3.63) is 23.2 Å². The van der Waals surface area contributed by atoms with E-state index in [0.717, 1.165) is 0 Å². The molecule has 1 N–H and O–H groups in total. The highest BCUT2D eigenvalue weighted by molar-refractivity contribution is 7.18. The molecule has 14 heavy (non-hydrogen) atoms. The van der Waals surface area contributed by atoms with Gasteiger partial charge < -0.3 is 5.11 Å². The van der Waals surface area contributed by atoms with E-state index >= 15 is 0 Å². The molecule has 1 aromatic heterocycles. The van der Waals surface area contributed by atoms with Crippen LogP contribution in [0.15, 0.2) is 18.2 Å². The first kappa shape index (κ1) is 9.26. The summed E-state index contributed by atoms with van der Waals surface area (Å²) in [5.41, 5.74) is 0.169. The van der Waals surface area contributed by atoms with Crippen molar-refractivity contribution in [1.82, 2.24) is 4.98 Å². The molecule has 2 nitrogen and oxygen atoms in total. The van der Waals surface area contributed by atoms with Crippen LogP contribution >= 0.6 is 11.3 Å². The molecule has 0 atom stereocenters. The van der Waals surface area contributed by atoms with Gasteiger partial charge in [0.25, 0.3) is 0 Å². The third-order valence-electron chi connectivity index (χ3n) is 1.61. The van der Waals surface area contributed by atoms with E-state index in [-0.39, 0.29) is 11.3 Å². The second kappa shape index (κ2) is 2.84. The Bertz CT molecular complexity index is 477. The number of benzene rings is 1. The van der Waals surface area contributed by atoms with Gasteiger partial charge in [-0.1, -0.05) is 0 Å². The van der Waals surface area contributed by atoms with E-state index in [4.69, 9.17) is 5.11 Å². The third kappa shape index (κ3) is 1.52. The fourth-order valence-electron chi connectivity index (χ4n) is 1.04. The Labute approximate surface area is 80.6 Å². The summed E-state index contributed by atoms with van der Waals surface area (Å²) >= 11 is 0.566. The summed E-state index contributed by atoms with van der Waals surface area (Å²) in [6, 6.07) is 3.96. The number of halogens is 3. The molecule has 1 aromatic carbocycles. The van der Waals surface area contributed by atoms with E-state index in [1.165, 1.54) is 18.2 Å². The van der Waals surface area contributed by atoms with Crippen LogP contribution in [0.5, 0.6) is 5.75 Å². The largest absolute Gasteiger partial charge is 0.508 e. The van der Waals surface area contributed by atoms with E-state index in [1.54, 1.807) is 0 Å². The first-order valence-electron chi connectivity index (χ1n) is 3.63. The molecule has 0 radical (unpaired) electrons. The highest BCUT2D eigenvalue weighted by Gasteiger charge is 2.34. The molecule has 0 saturated heterocycles. The van der Waals surface area contributed by atoms with Crippen molar-refractivity contribution >= 4 is 21.6 Å². The smallest absolute Gasteiger partial charge is 0.443 e. The van der Waals surface area contributed by atoms with Crippen LogP contribution < -0.4 is 0 Å². The zero-order valence-electron chi connectivity index (χ0n) is 6.67. The summed E-state index contributed by atoms with van der Waals surface area (Å²) in [6.45, 7) is 0. The maximum atomic E-state index is 12.2. The van der Waals surface area contributed by atoms with Gasteiger partial charge in [-0.05, 0) is 12.1 Å². The number of hydrogen-bond donors (Lipinski definition) is 1. The maximum Gasteiger partial charge on any atom is 0.443 e. The summed E-state index contributed by atoms with van der Waals surface area (Å²) in [4.78, 5) is 3.38. The van der Waals surface area contributed by atoms with E-state index in [9.17, 15) is 13.2 Å². The molecule has 2 rings (SSSR count). The maximum absolute atomic E-state index is 12.2. The van der Waals surface area contributed by atoms with Gasteiger partial charge >= 0.3 is 6.18 Å². The van der Waals surface area contributed by atoms with E-state index in [0.29, 0.717) is 16.0 Å². The minimum Gasteiger partial charge on any atom is -0.508 e. The Morgan fingerprint density at radius 2 is 2.00 bits per heavy atom. The molecule has 0 aliphatic heterocycles. The Morgan fingerprint density at radius 3 is 2.64 bits per heavy atom. The van der Waals surface area contributed by atoms with Crippen LogP contribution in [0.4, 0.5) is 13.2 Å². The van der Waals surface area contributed by atoms with Crippen molar-refractivity contribution in [3.8, 4) is 5.75 Å². The summed E-state index contributed by atoms with van der Waals surface area (Å²) in [6.07, 6.45) is -4.42. The van der Waals surface area contributed by atoms with E-state index in [1.807, 2.05) is 0 Å². The van der Waals surface area contributed by atoms with Crippen LogP contribution in [0.1, 0.15) is 5.01 Å². The molecule has 0 bridgehead atoms. The molecule has 0 fully saturated rings. The lowest BCUT2D eigenvalue weighted by molar-refractivity contribution is -0.137. The van der Waals surface area contributed by atoms with Crippen LogP contribution in [0.2, 0.25) is 0 Å². The van der Waals surface area contributed by atoms with Gasteiger partial charge in [0.05, 0.1) is 10.2 Å². The van der Waals surface area contributed by atoms with Gasteiger partial charge in [0.15, 0.2) is 5.01 Å². The van der Waals surface area contributed by atoms with Crippen molar-refractivity contribution in [1.29, 1.82) is 0 Å². The number of rotatable bonds is 0. The first-order chi connectivity index (χ1) is 6.47. The summed E-state index contributed by atoms with van der Waals surface area (Å²) in [5, 5.41) is 8.14. The Balaban J connectivity index is 2.63. The molecular formula is C8H4F3NOS. The number of alkyl halides is 3. The number of phenols is 1. The Kier molecular flexibility index (Phi) is 1.88. The average molecular weight is 219 g/mol. The fourth-order valence-corrected chi connectivity index (χ4v) is 1.85. The van der Waals surface area contributed by atoms with Crippen LogP contribution in [0.25, 0.3) is 10.2 Å². The lowest BCUT2D eigenvalue weighted by atomic mass is 10.3. The highest BCUT2D eigenvalue weighted by atomic mass is 32.1. The van der Waals surface area contributed by atoms with Gasteiger partial charge in [0.1, 0.15) is 5.75 Å². The molecule has 0 amide bonds. The van der Waals surface area contributed by atoms with Gasteiger partial charge in [-0.2, -0.15) is 13.2 Å². The Morgan fingerprint density at radius 1 is 1.29 bits per heavy atom. The molecule has 0 aliphatic carbocycles. The van der Waals surface area contributed by atoms with Gasteiger partial charge in [-0.3, -0.25) is 0 Å². The van der Waals surface area contributed by atoms with E-state index in [2.05, 4.69) is 4.98 Å². The molecule has 74 valence electrons. The van der Waals surface area contributed by atoms with Crippen LogP contribution in [-0.4, -0.2) is 10.1 Å². The lowest BCUT2D eigenvalue weighted by Crippen LogP contribution is -2.03. The van der Waals surface area contributed by atoms with Crippen molar-refractivity contribution in [2.75, 3.05) is 0 Å². The highest BCUT2D eigenvalue weighted by Crippen LogP contribution is 2.36. The number of aromatic hydroxyl groups is 1. The van der Waals surface area contributed by atoms with Gasteiger partial charge in [-0.15, -0.1) is 11.3 Å². The zero-order chi connectivity index (χ0) is 10.3. The van der Waals surface area contributed by atoms with Crippen molar-refractivity contribution in [3.63, 3.8) is 0 Å². The average Bonchev–Trinajstić information content (AvgIpc) is 2.45. The Hall–Kier alpha value is -1.30. The number of aromatic nitrogens is 1. The number of hydrogen-bond acceptors (Lipinski definition) is 3. The summed E-state index contributed by atoms with van der Waals surface area (Å²) < 4.78 is 37.0. The molecular weight excluding hydrogens is 215 g/mol. The molecule has 0 saturated carbocycles. The fraction of sp³-hybridized carbons (Fsp3) is 0.125. The van der Waals surface area contributed by atoms with Crippen LogP contribution in [0.3, 0.4) is 0 Å². The number of fused-ring (bicyclic) bond motifs is 1. The van der Waals surface area contributed by atoms with Gasteiger partial charge in [0, 0.05) is 6.07 Å². The number of phenolic OH excluding ortho intramolecular Hbond substituents is 1.